The minimum Gasteiger partial charge on any atom is -0.192 e. The second-order valence-corrected chi connectivity index (χ2v) is 4.66. The number of rotatable bonds is 1. The average molecular weight is 199 g/mol. The number of nitriles is 1. The maximum Gasteiger partial charge on any atom is 0.0994 e. The predicted molar refractivity (Wildman–Crippen MR) is 61.5 cm³/mol. The molecule has 0 aliphatic heterocycles. The summed E-state index contributed by atoms with van der Waals surface area (Å²) >= 11 is 0. The van der Waals surface area contributed by atoms with E-state index in [1.54, 1.807) is 0 Å². The number of hydrogen-bond donors (Lipinski definition) is 0. The van der Waals surface area contributed by atoms with Crippen LogP contribution < -0.4 is 0 Å². The Kier molecular flexibility index (Phi) is 3.06. The van der Waals surface area contributed by atoms with Gasteiger partial charge in [0, 0.05) is 0 Å². The molecule has 1 aliphatic carbocycles. The topological polar surface area (TPSA) is 23.8 Å². The molecule has 0 atom stereocenters. The van der Waals surface area contributed by atoms with E-state index in [4.69, 9.17) is 5.26 Å². The van der Waals surface area contributed by atoms with Crippen LogP contribution in [0.25, 0.3) is 0 Å². The molecule has 1 aromatic rings. The highest BCUT2D eigenvalue weighted by Gasteiger charge is 2.21. The number of nitrogens with zero attached hydrogens (tertiary/aromatic N) is 1. The van der Waals surface area contributed by atoms with Gasteiger partial charge >= 0.3 is 0 Å². The van der Waals surface area contributed by atoms with Crippen molar-refractivity contribution in [1.29, 1.82) is 5.26 Å². The van der Waals surface area contributed by atoms with Crippen molar-refractivity contribution >= 4 is 0 Å². The number of benzene rings is 1. The SMILES string of the molecule is CC1CCC(c2ccccc2C#N)CC1. The standard InChI is InChI=1S/C14H17N/c1-11-6-8-12(9-7-11)14-5-3-2-4-13(14)10-15/h2-5,11-12H,6-9H2,1H3. The van der Waals surface area contributed by atoms with E-state index in [0.717, 1.165) is 11.5 Å². The van der Waals surface area contributed by atoms with E-state index in [1.165, 1.54) is 31.2 Å². The monoisotopic (exact) mass is 199 g/mol. The zero-order valence-corrected chi connectivity index (χ0v) is 9.24. The molecule has 0 bridgehead atoms. The lowest BCUT2D eigenvalue weighted by molar-refractivity contribution is 0.347. The molecule has 1 aliphatic rings. The van der Waals surface area contributed by atoms with Crippen LogP contribution in [-0.2, 0) is 0 Å². The Morgan fingerprint density at radius 2 is 1.80 bits per heavy atom. The van der Waals surface area contributed by atoms with E-state index in [1.807, 2.05) is 18.2 Å². The first-order valence-corrected chi connectivity index (χ1v) is 5.80. The quantitative estimate of drug-likeness (QED) is 0.674. The fourth-order valence-corrected chi connectivity index (χ4v) is 2.53. The van der Waals surface area contributed by atoms with Gasteiger partial charge in [-0.25, -0.2) is 0 Å². The molecule has 78 valence electrons. The van der Waals surface area contributed by atoms with Gasteiger partial charge in [-0.2, -0.15) is 5.26 Å². The Labute approximate surface area is 91.7 Å². The Morgan fingerprint density at radius 1 is 1.13 bits per heavy atom. The molecule has 1 fully saturated rings. The predicted octanol–water partition coefficient (Wildman–Crippen LogP) is 3.85. The summed E-state index contributed by atoms with van der Waals surface area (Å²) in [5, 5.41) is 9.05. The molecule has 0 unspecified atom stereocenters. The fraction of sp³-hybridized carbons (Fsp3) is 0.500. The summed E-state index contributed by atoms with van der Waals surface area (Å²) in [7, 11) is 0. The summed E-state index contributed by atoms with van der Waals surface area (Å²) in [6.07, 6.45) is 5.12. The molecule has 1 heteroatoms. The van der Waals surface area contributed by atoms with Crippen LogP contribution in [0.2, 0.25) is 0 Å². The molecular weight excluding hydrogens is 182 g/mol. The van der Waals surface area contributed by atoms with E-state index in [-0.39, 0.29) is 0 Å². The van der Waals surface area contributed by atoms with Gasteiger partial charge in [0.05, 0.1) is 11.6 Å². The van der Waals surface area contributed by atoms with Crippen molar-refractivity contribution in [3.8, 4) is 6.07 Å². The second-order valence-electron chi connectivity index (χ2n) is 4.66. The summed E-state index contributed by atoms with van der Waals surface area (Å²) in [5.41, 5.74) is 2.14. The molecule has 0 saturated heterocycles. The maximum atomic E-state index is 9.05. The lowest BCUT2D eigenvalue weighted by atomic mass is 9.78. The van der Waals surface area contributed by atoms with Gasteiger partial charge in [-0.05, 0) is 36.3 Å². The van der Waals surface area contributed by atoms with Gasteiger partial charge in [-0.15, -0.1) is 0 Å². The molecule has 0 aromatic heterocycles. The number of hydrogen-bond acceptors (Lipinski definition) is 1. The highest BCUT2D eigenvalue weighted by Crippen LogP contribution is 2.36. The summed E-state index contributed by atoms with van der Waals surface area (Å²) in [6, 6.07) is 10.4. The van der Waals surface area contributed by atoms with Crippen molar-refractivity contribution < 1.29 is 0 Å². The van der Waals surface area contributed by atoms with Crippen molar-refractivity contribution in [2.24, 2.45) is 5.92 Å². The third kappa shape index (κ3) is 2.21. The molecule has 1 saturated carbocycles. The zero-order valence-electron chi connectivity index (χ0n) is 9.24. The van der Waals surface area contributed by atoms with Crippen LogP contribution in [0.15, 0.2) is 24.3 Å². The molecule has 0 heterocycles. The molecule has 2 rings (SSSR count). The molecule has 0 amide bonds. The van der Waals surface area contributed by atoms with E-state index in [9.17, 15) is 0 Å². The van der Waals surface area contributed by atoms with E-state index in [0.29, 0.717) is 5.92 Å². The van der Waals surface area contributed by atoms with Crippen LogP contribution in [0, 0.1) is 17.2 Å². The van der Waals surface area contributed by atoms with Gasteiger partial charge in [0.25, 0.3) is 0 Å². The Hall–Kier alpha value is -1.29. The summed E-state index contributed by atoms with van der Waals surface area (Å²) in [6.45, 7) is 2.33. The van der Waals surface area contributed by atoms with Crippen LogP contribution in [0.5, 0.6) is 0 Å². The van der Waals surface area contributed by atoms with Crippen molar-refractivity contribution in [1.82, 2.24) is 0 Å². The van der Waals surface area contributed by atoms with E-state index >= 15 is 0 Å². The molecule has 0 N–H and O–H groups in total. The largest absolute Gasteiger partial charge is 0.192 e. The molecule has 0 radical (unpaired) electrons. The first kappa shape index (κ1) is 10.2. The van der Waals surface area contributed by atoms with Crippen LogP contribution in [0.3, 0.4) is 0 Å². The first-order valence-electron chi connectivity index (χ1n) is 5.80. The molecule has 15 heavy (non-hydrogen) atoms. The minimum absolute atomic E-state index is 0.622. The molecule has 1 aromatic carbocycles. The fourth-order valence-electron chi connectivity index (χ4n) is 2.53. The average Bonchev–Trinajstić information content (AvgIpc) is 2.30. The van der Waals surface area contributed by atoms with Crippen LogP contribution in [0.1, 0.15) is 49.7 Å². The van der Waals surface area contributed by atoms with Crippen LogP contribution >= 0.6 is 0 Å². The Bertz CT molecular complexity index is 367. The highest BCUT2D eigenvalue weighted by atomic mass is 14.3. The maximum absolute atomic E-state index is 9.05. The highest BCUT2D eigenvalue weighted by molar-refractivity contribution is 5.39. The molecular formula is C14H17N. The van der Waals surface area contributed by atoms with Crippen LogP contribution in [-0.4, -0.2) is 0 Å². The van der Waals surface area contributed by atoms with Gasteiger partial charge in [-0.1, -0.05) is 38.0 Å². The van der Waals surface area contributed by atoms with Gasteiger partial charge in [0.1, 0.15) is 0 Å². The summed E-state index contributed by atoms with van der Waals surface area (Å²) in [4.78, 5) is 0. The smallest absolute Gasteiger partial charge is 0.0994 e. The summed E-state index contributed by atoms with van der Waals surface area (Å²) < 4.78 is 0. The van der Waals surface area contributed by atoms with Crippen molar-refractivity contribution in [3.63, 3.8) is 0 Å². The second kappa shape index (κ2) is 4.49. The van der Waals surface area contributed by atoms with Gasteiger partial charge in [0.2, 0.25) is 0 Å². The lowest BCUT2D eigenvalue weighted by Crippen LogP contribution is -2.11. The van der Waals surface area contributed by atoms with Crippen molar-refractivity contribution in [2.45, 2.75) is 38.5 Å². The minimum atomic E-state index is 0.622. The van der Waals surface area contributed by atoms with Crippen LogP contribution in [0.4, 0.5) is 0 Å². The third-order valence-electron chi connectivity index (χ3n) is 3.54. The van der Waals surface area contributed by atoms with Crippen molar-refractivity contribution in [3.05, 3.63) is 35.4 Å². The Morgan fingerprint density at radius 3 is 2.47 bits per heavy atom. The summed E-state index contributed by atoms with van der Waals surface area (Å²) in [5.74, 6) is 1.49. The first-order chi connectivity index (χ1) is 7.31. The molecule has 0 spiro atoms. The lowest BCUT2D eigenvalue weighted by Gasteiger charge is -2.26. The normalized spacial score (nSPS) is 25.9. The van der Waals surface area contributed by atoms with E-state index in [2.05, 4.69) is 19.1 Å². The third-order valence-corrected chi connectivity index (χ3v) is 3.54. The van der Waals surface area contributed by atoms with Gasteiger partial charge < -0.3 is 0 Å². The van der Waals surface area contributed by atoms with E-state index < -0.39 is 0 Å². The zero-order chi connectivity index (χ0) is 10.7. The van der Waals surface area contributed by atoms with Gasteiger partial charge in [0.15, 0.2) is 0 Å². The Balaban J connectivity index is 2.19. The van der Waals surface area contributed by atoms with Crippen molar-refractivity contribution in [2.75, 3.05) is 0 Å². The van der Waals surface area contributed by atoms with Gasteiger partial charge in [-0.3, -0.25) is 0 Å². The molecule has 1 nitrogen and oxygen atoms in total.